The molecule has 2 aromatic carbocycles. The van der Waals surface area contributed by atoms with Crippen molar-refractivity contribution in [1.29, 1.82) is 5.41 Å². The fraction of sp³-hybridized carbons (Fsp3) is 0.323. The molecule has 0 unspecified atom stereocenters. The van der Waals surface area contributed by atoms with Gasteiger partial charge in [-0.3, -0.25) is 19.9 Å². The van der Waals surface area contributed by atoms with Gasteiger partial charge in [-0.2, -0.15) is 0 Å². The average Bonchev–Trinajstić information content (AvgIpc) is 3.31. The fourth-order valence-corrected chi connectivity index (χ4v) is 4.28. The van der Waals surface area contributed by atoms with Crippen molar-refractivity contribution in [3.8, 4) is 0 Å². The second-order valence-electron chi connectivity index (χ2n) is 9.45. The van der Waals surface area contributed by atoms with E-state index in [4.69, 9.17) is 19.9 Å². The summed E-state index contributed by atoms with van der Waals surface area (Å²) in [6.07, 6.45) is 3.44. The van der Waals surface area contributed by atoms with E-state index in [-0.39, 0.29) is 30.7 Å². The molecule has 0 saturated heterocycles. The highest BCUT2D eigenvalue weighted by Crippen LogP contribution is 2.21. The summed E-state index contributed by atoms with van der Waals surface area (Å²) >= 11 is 0. The summed E-state index contributed by atoms with van der Waals surface area (Å²) in [6, 6.07) is 18.2. The Kier molecular flexibility index (Phi) is 10.0. The molecule has 0 atom stereocenters. The lowest BCUT2D eigenvalue weighted by Crippen LogP contribution is -2.34. The smallest absolute Gasteiger partial charge is 0.307 e. The summed E-state index contributed by atoms with van der Waals surface area (Å²) in [4.78, 5) is 36.5. The number of pyridine rings is 1. The zero-order valence-electron chi connectivity index (χ0n) is 23.7. The van der Waals surface area contributed by atoms with E-state index in [1.54, 1.807) is 36.5 Å². The molecule has 10 nitrogen and oxygen atoms in total. The maximum atomic E-state index is 13.6. The van der Waals surface area contributed by atoms with Crippen molar-refractivity contribution in [3.63, 3.8) is 0 Å². The Morgan fingerprint density at radius 1 is 1.02 bits per heavy atom. The quantitative estimate of drug-likeness (QED) is 0.0989. The maximum Gasteiger partial charge on any atom is 0.307 e. The lowest BCUT2D eigenvalue weighted by atomic mass is 10.1. The predicted molar refractivity (Wildman–Crippen MR) is 159 cm³/mol. The number of rotatable bonds is 13. The number of amides is 1. The molecule has 4 rings (SSSR count). The zero-order chi connectivity index (χ0) is 29.2. The first-order valence-corrected chi connectivity index (χ1v) is 13.8. The highest BCUT2D eigenvalue weighted by molar-refractivity contribution is 6.07. The van der Waals surface area contributed by atoms with Gasteiger partial charge in [0.2, 0.25) is 5.90 Å². The van der Waals surface area contributed by atoms with Crippen molar-refractivity contribution >= 4 is 40.3 Å². The SMILES string of the molecule is CCCCOC(=O)CCN(C(=O)c1ccc2c(c1)nc(CNc1ccc(C(=N)OCC)cc1)n2C)c1ccccn1. The number of hydrogen-bond acceptors (Lipinski definition) is 8. The van der Waals surface area contributed by atoms with Gasteiger partial charge >= 0.3 is 5.97 Å². The summed E-state index contributed by atoms with van der Waals surface area (Å²) in [5.41, 5.74) is 3.64. The molecule has 2 N–H and O–H groups in total. The molecule has 0 spiro atoms. The van der Waals surface area contributed by atoms with Crippen LogP contribution in [0.2, 0.25) is 0 Å². The third-order valence-corrected chi connectivity index (χ3v) is 6.58. The first-order valence-electron chi connectivity index (χ1n) is 13.8. The molecule has 41 heavy (non-hydrogen) atoms. The number of nitrogens with zero attached hydrogens (tertiary/aromatic N) is 4. The Balaban J connectivity index is 1.48. The molecular formula is C31H36N6O4. The van der Waals surface area contributed by atoms with Gasteiger partial charge in [0.05, 0.1) is 37.2 Å². The molecule has 214 valence electrons. The lowest BCUT2D eigenvalue weighted by Gasteiger charge is -2.21. The minimum atomic E-state index is -0.341. The van der Waals surface area contributed by atoms with Crippen LogP contribution in [0, 0.1) is 5.41 Å². The van der Waals surface area contributed by atoms with E-state index >= 15 is 0 Å². The Morgan fingerprint density at radius 3 is 2.51 bits per heavy atom. The van der Waals surface area contributed by atoms with Gasteiger partial charge in [-0.15, -0.1) is 0 Å². The van der Waals surface area contributed by atoms with E-state index in [9.17, 15) is 9.59 Å². The van der Waals surface area contributed by atoms with Crippen molar-refractivity contribution in [3.05, 3.63) is 83.8 Å². The van der Waals surface area contributed by atoms with Crippen LogP contribution < -0.4 is 10.2 Å². The molecule has 2 heterocycles. The van der Waals surface area contributed by atoms with Crippen LogP contribution in [-0.2, 0) is 27.9 Å². The van der Waals surface area contributed by atoms with Gasteiger partial charge in [-0.1, -0.05) is 19.4 Å². The van der Waals surface area contributed by atoms with Crippen LogP contribution in [0.15, 0.2) is 66.9 Å². The number of aryl methyl sites for hydroxylation is 1. The number of unbranched alkanes of at least 4 members (excludes halogenated alkanes) is 1. The van der Waals surface area contributed by atoms with Crippen molar-refractivity contribution < 1.29 is 19.1 Å². The second kappa shape index (κ2) is 14.1. The van der Waals surface area contributed by atoms with Crippen LogP contribution in [0.25, 0.3) is 11.0 Å². The van der Waals surface area contributed by atoms with Gasteiger partial charge in [-0.25, -0.2) is 9.97 Å². The third kappa shape index (κ3) is 7.47. The van der Waals surface area contributed by atoms with E-state index in [1.807, 2.05) is 55.8 Å². The minimum Gasteiger partial charge on any atom is -0.478 e. The fourth-order valence-electron chi connectivity index (χ4n) is 4.28. The van der Waals surface area contributed by atoms with E-state index in [1.165, 1.54) is 4.90 Å². The number of fused-ring (bicyclic) bond motifs is 1. The number of esters is 1. The number of nitrogens with one attached hydrogen (secondary N) is 2. The molecule has 0 bridgehead atoms. The minimum absolute atomic E-state index is 0.0709. The summed E-state index contributed by atoms with van der Waals surface area (Å²) in [7, 11) is 1.94. The van der Waals surface area contributed by atoms with Gasteiger partial charge in [0.15, 0.2) is 0 Å². The van der Waals surface area contributed by atoms with Gasteiger partial charge in [-0.05, 0) is 67.9 Å². The van der Waals surface area contributed by atoms with Crippen LogP contribution in [0.4, 0.5) is 11.5 Å². The van der Waals surface area contributed by atoms with Gasteiger partial charge in [0.1, 0.15) is 11.6 Å². The zero-order valence-corrected chi connectivity index (χ0v) is 23.7. The van der Waals surface area contributed by atoms with Crippen molar-refractivity contribution in [2.45, 2.75) is 39.7 Å². The van der Waals surface area contributed by atoms with Crippen molar-refractivity contribution in [2.24, 2.45) is 7.05 Å². The highest BCUT2D eigenvalue weighted by Gasteiger charge is 2.21. The monoisotopic (exact) mass is 556 g/mol. The molecule has 0 aliphatic carbocycles. The molecule has 1 amide bonds. The molecule has 2 aromatic heterocycles. The number of ether oxygens (including phenoxy) is 2. The molecule has 0 fully saturated rings. The normalized spacial score (nSPS) is 10.8. The average molecular weight is 557 g/mol. The topological polar surface area (TPSA) is 122 Å². The molecule has 10 heteroatoms. The Hall–Kier alpha value is -4.73. The Bertz CT molecular complexity index is 1480. The number of carbonyl (C=O) groups excluding carboxylic acids is 2. The van der Waals surface area contributed by atoms with Crippen molar-refractivity contribution in [2.75, 3.05) is 30.0 Å². The molecule has 0 saturated carbocycles. The first kappa shape index (κ1) is 29.3. The first-order chi connectivity index (χ1) is 19.9. The van der Waals surface area contributed by atoms with E-state index in [2.05, 4.69) is 10.3 Å². The number of benzene rings is 2. The van der Waals surface area contributed by atoms with Crippen LogP contribution in [0.3, 0.4) is 0 Å². The number of carbonyl (C=O) groups is 2. The van der Waals surface area contributed by atoms with E-state index < -0.39 is 0 Å². The summed E-state index contributed by atoms with van der Waals surface area (Å²) in [6.45, 7) is 5.34. The standard InChI is InChI=1S/C31H36N6O4/c1-4-6-19-41-29(38)16-18-37(27-9-7-8-17-33-27)31(39)23-12-15-26-25(20-23)35-28(36(26)3)21-34-24-13-10-22(11-14-24)30(32)40-5-2/h7-15,17,20,32,34H,4-6,16,18-19,21H2,1-3H3. The molecular weight excluding hydrogens is 520 g/mol. The lowest BCUT2D eigenvalue weighted by molar-refractivity contribution is -0.143. The van der Waals surface area contributed by atoms with Gasteiger partial charge < -0.3 is 19.4 Å². The highest BCUT2D eigenvalue weighted by atomic mass is 16.5. The molecule has 0 radical (unpaired) electrons. The van der Waals surface area contributed by atoms with Crippen LogP contribution in [-0.4, -0.2) is 52.1 Å². The second-order valence-corrected chi connectivity index (χ2v) is 9.45. The molecule has 0 aliphatic rings. The van der Waals surface area contributed by atoms with E-state index in [0.29, 0.717) is 42.2 Å². The Labute approximate surface area is 239 Å². The van der Waals surface area contributed by atoms with Gasteiger partial charge in [0, 0.05) is 36.6 Å². The van der Waals surface area contributed by atoms with Crippen LogP contribution in [0.1, 0.15) is 54.9 Å². The van der Waals surface area contributed by atoms with Crippen molar-refractivity contribution in [1.82, 2.24) is 14.5 Å². The molecule has 4 aromatic rings. The van der Waals surface area contributed by atoms with Gasteiger partial charge in [0.25, 0.3) is 5.91 Å². The van der Waals surface area contributed by atoms with E-state index in [0.717, 1.165) is 29.9 Å². The van der Waals surface area contributed by atoms with Crippen LogP contribution in [0.5, 0.6) is 0 Å². The number of imidazole rings is 1. The maximum absolute atomic E-state index is 13.6. The largest absolute Gasteiger partial charge is 0.478 e. The number of aromatic nitrogens is 3. The third-order valence-electron chi connectivity index (χ3n) is 6.58. The summed E-state index contributed by atoms with van der Waals surface area (Å²) in [5, 5.41) is 11.3. The Morgan fingerprint density at radius 2 is 1.80 bits per heavy atom. The molecule has 0 aliphatic heterocycles. The number of hydrogen-bond donors (Lipinski definition) is 2. The van der Waals surface area contributed by atoms with Crippen LogP contribution >= 0.6 is 0 Å². The summed E-state index contributed by atoms with van der Waals surface area (Å²) in [5.74, 6) is 0.800. The predicted octanol–water partition coefficient (Wildman–Crippen LogP) is 5.32. The summed E-state index contributed by atoms with van der Waals surface area (Å²) < 4.78 is 12.5. The number of anilines is 2.